The van der Waals surface area contributed by atoms with Crippen molar-refractivity contribution in [3.05, 3.63) is 110 Å². The molecule has 1 N–H and O–H groups in total. The van der Waals surface area contributed by atoms with Crippen LogP contribution in [0.15, 0.2) is 72.8 Å². The van der Waals surface area contributed by atoms with Crippen molar-refractivity contribution in [1.82, 2.24) is 5.32 Å². The number of non-ortho nitro benzene ring substituents is 1. The number of ether oxygens (including phenoxy) is 1. The molecule has 182 valence electrons. The minimum absolute atomic E-state index is 0.0931. The normalized spacial score (nSPS) is 22.0. The van der Waals surface area contributed by atoms with E-state index in [-0.39, 0.29) is 23.4 Å². The first-order valence-corrected chi connectivity index (χ1v) is 11.8. The van der Waals surface area contributed by atoms with Crippen LogP contribution in [-0.2, 0) is 9.53 Å². The Balaban J connectivity index is 1.79. The maximum atomic E-state index is 14.2. The molecule has 3 aromatic carbocycles. The van der Waals surface area contributed by atoms with Crippen molar-refractivity contribution in [2.75, 3.05) is 6.61 Å². The van der Waals surface area contributed by atoms with Gasteiger partial charge in [0, 0.05) is 34.2 Å². The molecule has 1 heterocycles. The van der Waals surface area contributed by atoms with E-state index in [0.717, 1.165) is 0 Å². The van der Waals surface area contributed by atoms with E-state index in [1.54, 1.807) is 55.5 Å². The number of nitrogens with zero attached hydrogens (tertiary/aromatic N) is 1. The Bertz CT molecular complexity index is 1370. The summed E-state index contributed by atoms with van der Waals surface area (Å²) in [6.07, 6.45) is 0. The zero-order valence-electron chi connectivity index (χ0n) is 19.1. The highest BCUT2D eigenvalue weighted by Crippen LogP contribution is 2.60. The fourth-order valence-electron chi connectivity index (χ4n) is 5.56. The zero-order chi connectivity index (χ0) is 25.6. The fraction of sp³-hybridized carbons (Fsp3) is 0.222. The van der Waals surface area contributed by atoms with Crippen molar-refractivity contribution in [1.29, 1.82) is 0 Å². The quantitative estimate of drug-likeness (QED) is 0.232. The molecule has 3 aromatic rings. The van der Waals surface area contributed by atoms with Crippen LogP contribution in [0.25, 0.3) is 0 Å². The summed E-state index contributed by atoms with van der Waals surface area (Å²) in [7, 11) is 0. The van der Waals surface area contributed by atoms with Crippen molar-refractivity contribution in [3.8, 4) is 0 Å². The third-order valence-corrected chi connectivity index (χ3v) is 7.36. The SMILES string of the molecule is CCOC(=O)[C@@H]1N[C@@H](c2ccccc2Cl)C2(C(=O)c3ccccc3C2=O)[C@H]1c1ccc([N+](=O)[O-])cc1. The Labute approximate surface area is 211 Å². The van der Waals surface area contributed by atoms with Gasteiger partial charge in [-0.1, -0.05) is 66.2 Å². The number of carbonyl (C=O) groups excluding carboxylic acids is 3. The van der Waals surface area contributed by atoms with Crippen molar-refractivity contribution in [2.45, 2.75) is 24.9 Å². The number of hydrogen-bond acceptors (Lipinski definition) is 7. The molecule has 5 rings (SSSR count). The molecule has 1 spiro atoms. The molecule has 0 saturated carbocycles. The third-order valence-electron chi connectivity index (χ3n) is 7.01. The van der Waals surface area contributed by atoms with Crippen LogP contribution in [0.2, 0.25) is 5.02 Å². The number of benzene rings is 3. The molecule has 9 heteroatoms. The van der Waals surface area contributed by atoms with Crippen molar-refractivity contribution in [3.63, 3.8) is 0 Å². The van der Waals surface area contributed by atoms with Crippen LogP contribution in [-0.4, -0.2) is 35.1 Å². The molecule has 1 fully saturated rings. The standard InChI is InChI=1S/C27H21ClN2O6/c1-2-36-26(33)22-21(15-11-13-16(14-12-15)30(34)35)27(23(29-22)19-9-5-6-10-20(19)28)24(31)17-7-3-4-8-18(17)25(27)32/h3-14,21-23,29H,2H2,1H3/t21-,22+,23-/m0/s1. The Morgan fingerprint density at radius 2 is 1.58 bits per heavy atom. The fourth-order valence-corrected chi connectivity index (χ4v) is 5.81. The summed E-state index contributed by atoms with van der Waals surface area (Å²) in [6, 6.07) is 16.9. The topological polar surface area (TPSA) is 116 Å². The first-order valence-electron chi connectivity index (χ1n) is 11.4. The molecule has 8 nitrogen and oxygen atoms in total. The molecule has 0 unspecified atom stereocenters. The Morgan fingerprint density at radius 3 is 2.14 bits per heavy atom. The first kappa shape index (κ1) is 23.8. The maximum Gasteiger partial charge on any atom is 0.323 e. The highest BCUT2D eigenvalue weighted by molar-refractivity contribution is 6.33. The highest BCUT2D eigenvalue weighted by Gasteiger charge is 2.69. The lowest BCUT2D eigenvalue weighted by molar-refractivity contribution is -0.384. The van der Waals surface area contributed by atoms with Gasteiger partial charge in [0.25, 0.3) is 5.69 Å². The molecule has 0 radical (unpaired) electrons. The Kier molecular flexibility index (Phi) is 5.94. The average Bonchev–Trinajstić information content (AvgIpc) is 3.35. The first-order chi connectivity index (χ1) is 17.3. The summed E-state index contributed by atoms with van der Waals surface area (Å²) in [5, 5.41) is 14.8. The number of Topliss-reactive ketones (excluding diaryl/α,β-unsaturated/α-hetero) is 2. The Hall–Kier alpha value is -3.88. The third kappa shape index (κ3) is 3.37. The van der Waals surface area contributed by atoms with E-state index < -0.39 is 45.9 Å². The molecule has 1 saturated heterocycles. The van der Waals surface area contributed by atoms with Crippen molar-refractivity contribution >= 4 is 34.8 Å². The van der Waals surface area contributed by atoms with Crippen LogP contribution in [0, 0.1) is 15.5 Å². The lowest BCUT2D eigenvalue weighted by atomic mass is 9.63. The van der Waals surface area contributed by atoms with E-state index in [9.17, 15) is 24.5 Å². The number of nitro benzene ring substituents is 1. The van der Waals surface area contributed by atoms with Crippen molar-refractivity contribution < 1.29 is 24.0 Å². The largest absolute Gasteiger partial charge is 0.465 e. The van der Waals surface area contributed by atoms with Crippen LogP contribution in [0.1, 0.15) is 50.7 Å². The second-order valence-electron chi connectivity index (χ2n) is 8.75. The number of hydrogen-bond donors (Lipinski definition) is 1. The molecule has 2 aliphatic rings. The summed E-state index contributed by atoms with van der Waals surface area (Å²) in [5.41, 5.74) is -0.470. The summed E-state index contributed by atoms with van der Waals surface area (Å²) in [4.78, 5) is 52.5. The predicted molar refractivity (Wildman–Crippen MR) is 131 cm³/mol. The predicted octanol–water partition coefficient (Wildman–Crippen LogP) is 4.67. The van der Waals surface area contributed by atoms with Gasteiger partial charge in [0.2, 0.25) is 0 Å². The number of nitro groups is 1. The number of fused-ring (bicyclic) bond motifs is 1. The minimum atomic E-state index is -1.76. The van der Waals surface area contributed by atoms with Gasteiger partial charge in [0.05, 0.1) is 17.6 Å². The average molecular weight is 505 g/mol. The molecule has 0 amide bonds. The lowest BCUT2D eigenvalue weighted by Crippen LogP contribution is -2.43. The van der Waals surface area contributed by atoms with Gasteiger partial charge in [-0.15, -0.1) is 0 Å². The van der Waals surface area contributed by atoms with Gasteiger partial charge >= 0.3 is 5.97 Å². The van der Waals surface area contributed by atoms with E-state index in [4.69, 9.17) is 16.3 Å². The summed E-state index contributed by atoms with van der Waals surface area (Å²) in [6.45, 7) is 1.76. The van der Waals surface area contributed by atoms with Gasteiger partial charge in [-0.3, -0.25) is 29.8 Å². The van der Waals surface area contributed by atoms with Crippen LogP contribution in [0.4, 0.5) is 5.69 Å². The van der Waals surface area contributed by atoms with Crippen LogP contribution in [0.3, 0.4) is 0 Å². The second kappa shape index (κ2) is 8.96. The molecule has 0 bridgehead atoms. The molecule has 3 atom stereocenters. The number of halogens is 1. The van der Waals surface area contributed by atoms with E-state index in [1.165, 1.54) is 24.3 Å². The number of nitrogens with one attached hydrogen (secondary N) is 1. The van der Waals surface area contributed by atoms with Gasteiger partial charge in [0.1, 0.15) is 11.5 Å². The van der Waals surface area contributed by atoms with Gasteiger partial charge in [-0.05, 0) is 24.1 Å². The van der Waals surface area contributed by atoms with Gasteiger partial charge in [-0.2, -0.15) is 0 Å². The van der Waals surface area contributed by atoms with Gasteiger partial charge in [-0.25, -0.2) is 0 Å². The smallest absolute Gasteiger partial charge is 0.323 e. The molecule has 36 heavy (non-hydrogen) atoms. The lowest BCUT2D eigenvalue weighted by Gasteiger charge is -2.34. The van der Waals surface area contributed by atoms with Crippen LogP contribution < -0.4 is 5.32 Å². The number of carbonyl (C=O) groups is 3. The number of esters is 1. The molecule has 1 aliphatic carbocycles. The van der Waals surface area contributed by atoms with Crippen molar-refractivity contribution in [2.24, 2.45) is 5.41 Å². The van der Waals surface area contributed by atoms with E-state index in [2.05, 4.69) is 5.32 Å². The minimum Gasteiger partial charge on any atom is -0.465 e. The van der Waals surface area contributed by atoms with E-state index in [0.29, 0.717) is 16.1 Å². The van der Waals surface area contributed by atoms with Crippen LogP contribution in [0.5, 0.6) is 0 Å². The number of ketones is 2. The van der Waals surface area contributed by atoms with Gasteiger partial charge < -0.3 is 4.74 Å². The molecular formula is C27H21ClN2O6. The zero-order valence-corrected chi connectivity index (χ0v) is 19.9. The Morgan fingerprint density at radius 1 is 1.00 bits per heavy atom. The van der Waals surface area contributed by atoms with Gasteiger partial charge in [0.15, 0.2) is 11.6 Å². The molecular weight excluding hydrogens is 484 g/mol. The molecule has 0 aromatic heterocycles. The summed E-state index contributed by atoms with van der Waals surface area (Å²) >= 11 is 6.56. The number of rotatable bonds is 5. The highest BCUT2D eigenvalue weighted by atomic mass is 35.5. The van der Waals surface area contributed by atoms with E-state index in [1.807, 2.05) is 0 Å². The van der Waals surface area contributed by atoms with Crippen LogP contribution >= 0.6 is 11.6 Å². The second-order valence-corrected chi connectivity index (χ2v) is 9.16. The molecule has 1 aliphatic heterocycles. The summed E-state index contributed by atoms with van der Waals surface area (Å²) in [5.74, 6) is -2.51. The van der Waals surface area contributed by atoms with E-state index >= 15 is 0 Å². The monoisotopic (exact) mass is 504 g/mol. The summed E-state index contributed by atoms with van der Waals surface area (Å²) < 4.78 is 5.34. The maximum absolute atomic E-state index is 14.2.